The maximum atomic E-state index is 12.1. The lowest BCUT2D eigenvalue weighted by Crippen LogP contribution is -2.47. The average Bonchev–Trinajstić information content (AvgIpc) is 2.54. The van der Waals surface area contributed by atoms with Gasteiger partial charge in [-0.25, -0.2) is 0 Å². The molecule has 1 amide bonds. The van der Waals surface area contributed by atoms with Crippen LogP contribution < -0.4 is 10.6 Å². The van der Waals surface area contributed by atoms with E-state index >= 15 is 0 Å². The van der Waals surface area contributed by atoms with Crippen molar-refractivity contribution in [3.63, 3.8) is 0 Å². The number of methoxy groups -OCH3 is 1. The molecule has 1 aliphatic rings. The fourth-order valence-electron chi connectivity index (χ4n) is 2.65. The predicted octanol–water partition coefficient (Wildman–Crippen LogP) is 2.99. The Morgan fingerprint density at radius 1 is 1.35 bits per heavy atom. The molecule has 0 spiro atoms. The lowest BCUT2D eigenvalue weighted by molar-refractivity contribution is -0.119. The van der Waals surface area contributed by atoms with Crippen molar-refractivity contribution in [2.75, 3.05) is 39.1 Å². The van der Waals surface area contributed by atoms with E-state index in [1.54, 1.807) is 7.11 Å². The molecule has 0 bridgehead atoms. The molecule has 2 rings (SSSR count). The van der Waals surface area contributed by atoms with Gasteiger partial charge in [-0.15, -0.1) is 24.2 Å². The summed E-state index contributed by atoms with van der Waals surface area (Å²) in [5.74, 6) is 0.483. The zero-order chi connectivity index (χ0) is 15.8. The number of hydrogen-bond donors (Lipinski definition) is 2. The Bertz CT molecular complexity index is 474. The van der Waals surface area contributed by atoms with Gasteiger partial charge in [-0.2, -0.15) is 0 Å². The Morgan fingerprint density at radius 3 is 2.61 bits per heavy atom. The molecule has 1 fully saturated rings. The number of rotatable bonds is 7. The molecule has 1 aromatic carbocycles. The van der Waals surface area contributed by atoms with Gasteiger partial charge in [0.1, 0.15) is 0 Å². The fourth-order valence-corrected chi connectivity index (χ4v) is 3.51. The van der Waals surface area contributed by atoms with Crippen LogP contribution in [-0.4, -0.2) is 45.0 Å². The topological polar surface area (TPSA) is 50.4 Å². The standard InChI is InChI=1S/C16H23ClN2O2S.ClH/c1-21-12-16(6-8-18-9-7-16)11-19-15(20)10-22-14-4-2-13(17)3-5-14;/h2-5,18H,6-12H2,1H3,(H,19,20);1H. The van der Waals surface area contributed by atoms with Crippen LogP contribution in [0.25, 0.3) is 0 Å². The first-order valence-electron chi connectivity index (χ1n) is 7.48. The normalized spacial score (nSPS) is 16.4. The van der Waals surface area contributed by atoms with Gasteiger partial charge in [0.05, 0.1) is 12.4 Å². The number of ether oxygens (including phenoxy) is 1. The molecule has 7 heteroatoms. The Balaban J connectivity index is 0.00000264. The summed E-state index contributed by atoms with van der Waals surface area (Å²) in [5.41, 5.74) is 0.0700. The second-order valence-corrected chi connectivity index (χ2v) is 7.19. The van der Waals surface area contributed by atoms with Crippen molar-refractivity contribution in [2.24, 2.45) is 5.41 Å². The molecule has 1 aliphatic heterocycles. The Morgan fingerprint density at radius 2 is 2.00 bits per heavy atom. The van der Waals surface area contributed by atoms with Gasteiger partial charge in [0, 0.05) is 29.0 Å². The summed E-state index contributed by atoms with van der Waals surface area (Å²) in [6, 6.07) is 7.54. The largest absolute Gasteiger partial charge is 0.384 e. The fraction of sp³-hybridized carbons (Fsp3) is 0.562. The lowest BCUT2D eigenvalue weighted by atomic mass is 9.79. The second-order valence-electron chi connectivity index (χ2n) is 5.70. The van der Waals surface area contributed by atoms with Crippen molar-refractivity contribution in [1.82, 2.24) is 10.6 Å². The van der Waals surface area contributed by atoms with Gasteiger partial charge in [-0.1, -0.05) is 11.6 Å². The van der Waals surface area contributed by atoms with Crippen LogP contribution in [0.3, 0.4) is 0 Å². The summed E-state index contributed by atoms with van der Waals surface area (Å²) < 4.78 is 5.36. The summed E-state index contributed by atoms with van der Waals surface area (Å²) in [4.78, 5) is 13.1. The first-order valence-corrected chi connectivity index (χ1v) is 8.85. The van der Waals surface area contributed by atoms with E-state index in [1.807, 2.05) is 24.3 Å². The van der Waals surface area contributed by atoms with Crippen molar-refractivity contribution in [3.8, 4) is 0 Å². The molecule has 130 valence electrons. The van der Waals surface area contributed by atoms with Gasteiger partial charge >= 0.3 is 0 Å². The number of amides is 1. The van der Waals surface area contributed by atoms with Crippen molar-refractivity contribution in [2.45, 2.75) is 17.7 Å². The van der Waals surface area contributed by atoms with E-state index in [0.29, 0.717) is 23.9 Å². The van der Waals surface area contributed by atoms with Crippen LogP contribution in [0.5, 0.6) is 0 Å². The number of halogens is 2. The summed E-state index contributed by atoms with van der Waals surface area (Å²) in [6.07, 6.45) is 2.07. The summed E-state index contributed by atoms with van der Waals surface area (Å²) in [5, 5.41) is 7.13. The first-order chi connectivity index (χ1) is 10.6. The van der Waals surface area contributed by atoms with Crippen molar-refractivity contribution < 1.29 is 9.53 Å². The summed E-state index contributed by atoms with van der Waals surface area (Å²) >= 11 is 7.37. The maximum absolute atomic E-state index is 12.1. The molecule has 23 heavy (non-hydrogen) atoms. The van der Waals surface area contributed by atoms with E-state index in [9.17, 15) is 4.79 Å². The van der Waals surface area contributed by atoms with Crippen LogP contribution in [0.4, 0.5) is 0 Å². The van der Waals surface area contributed by atoms with Gasteiger partial charge in [-0.3, -0.25) is 4.79 Å². The van der Waals surface area contributed by atoms with Crippen LogP contribution >= 0.6 is 35.8 Å². The lowest BCUT2D eigenvalue weighted by Gasteiger charge is -2.37. The molecule has 1 aromatic rings. The van der Waals surface area contributed by atoms with E-state index in [-0.39, 0.29) is 23.7 Å². The van der Waals surface area contributed by atoms with E-state index in [0.717, 1.165) is 30.8 Å². The quantitative estimate of drug-likeness (QED) is 0.716. The highest BCUT2D eigenvalue weighted by atomic mass is 35.5. The molecule has 0 aromatic heterocycles. The number of piperidine rings is 1. The number of carbonyl (C=O) groups excluding carboxylic acids is 1. The zero-order valence-electron chi connectivity index (χ0n) is 13.3. The minimum atomic E-state index is 0. The third-order valence-corrected chi connectivity index (χ3v) is 5.22. The summed E-state index contributed by atoms with van der Waals surface area (Å²) in [7, 11) is 1.72. The molecule has 0 saturated carbocycles. The molecule has 4 nitrogen and oxygen atoms in total. The highest BCUT2D eigenvalue weighted by Gasteiger charge is 2.32. The average molecular weight is 379 g/mol. The molecule has 2 N–H and O–H groups in total. The second kappa shape index (κ2) is 10.4. The minimum absolute atomic E-state index is 0. The molecule has 1 heterocycles. The van der Waals surface area contributed by atoms with E-state index in [4.69, 9.17) is 16.3 Å². The van der Waals surface area contributed by atoms with Gasteiger partial charge < -0.3 is 15.4 Å². The number of carbonyl (C=O) groups is 1. The smallest absolute Gasteiger partial charge is 0.230 e. The zero-order valence-corrected chi connectivity index (χ0v) is 15.7. The molecule has 0 radical (unpaired) electrons. The third kappa shape index (κ3) is 6.89. The summed E-state index contributed by atoms with van der Waals surface area (Å²) in [6.45, 7) is 3.35. The van der Waals surface area contributed by atoms with Crippen molar-refractivity contribution in [1.29, 1.82) is 0 Å². The van der Waals surface area contributed by atoms with Crippen LogP contribution in [0.15, 0.2) is 29.2 Å². The van der Waals surface area contributed by atoms with Gasteiger partial charge in [0.15, 0.2) is 0 Å². The Labute approximate surface area is 153 Å². The van der Waals surface area contributed by atoms with Crippen LogP contribution in [-0.2, 0) is 9.53 Å². The first kappa shape index (κ1) is 20.6. The van der Waals surface area contributed by atoms with E-state index in [2.05, 4.69) is 10.6 Å². The minimum Gasteiger partial charge on any atom is -0.384 e. The monoisotopic (exact) mass is 378 g/mol. The van der Waals surface area contributed by atoms with Crippen LogP contribution in [0.1, 0.15) is 12.8 Å². The van der Waals surface area contributed by atoms with Crippen molar-refractivity contribution >= 4 is 41.7 Å². The molecule has 0 unspecified atom stereocenters. The molecule has 0 aliphatic carbocycles. The van der Waals surface area contributed by atoms with Crippen LogP contribution in [0.2, 0.25) is 5.02 Å². The molecule has 1 saturated heterocycles. The Hall–Kier alpha value is -0.460. The molecule has 0 atom stereocenters. The van der Waals surface area contributed by atoms with Crippen LogP contribution in [0, 0.1) is 5.41 Å². The number of benzene rings is 1. The third-order valence-electron chi connectivity index (χ3n) is 3.96. The number of nitrogens with one attached hydrogen (secondary N) is 2. The Kier molecular flexibility index (Phi) is 9.32. The maximum Gasteiger partial charge on any atom is 0.230 e. The van der Waals surface area contributed by atoms with Gasteiger partial charge in [-0.05, 0) is 50.2 Å². The highest BCUT2D eigenvalue weighted by Crippen LogP contribution is 2.28. The molecular weight excluding hydrogens is 355 g/mol. The van der Waals surface area contributed by atoms with Gasteiger partial charge in [0.2, 0.25) is 5.91 Å². The predicted molar refractivity (Wildman–Crippen MR) is 98.8 cm³/mol. The van der Waals surface area contributed by atoms with Gasteiger partial charge in [0.25, 0.3) is 0 Å². The van der Waals surface area contributed by atoms with Crippen molar-refractivity contribution in [3.05, 3.63) is 29.3 Å². The van der Waals surface area contributed by atoms with E-state index < -0.39 is 0 Å². The molecular formula is C16H24Cl2N2O2S. The van der Waals surface area contributed by atoms with E-state index in [1.165, 1.54) is 11.8 Å². The number of hydrogen-bond acceptors (Lipinski definition) is 4. The number of thioether (sulfide) groups is 1. The SMILES string of the molecule is COCC1(CNC(=O)CSc2ccc(Cl)cc2)CCNCC1.Cl. The highest BCUT2D eigenvalue weighted by molar-refractivity contribution is 8.00.